The minimum absolute atomic E-state index is 0.00796. The van der Waals surface area contributed by atoms with Crippen LogP contribution in [-0.2, 0) is 0 Å². The van der Waals surface area contributed by atoms with Crippen molar-refractivity contribution in [3.05, 3.63) is 21.1 Å². The fourth-order valence-electron chi connectivity index (χ4n) is 2.07. The first-order valence-electron chi connectivity index (χ1n) is 5.74. The Labute approximate surface area is 109 Å². The molecule has 18 heavy (non-hydrogen) atoms. The van der Waals surface area contributed by atoms with Crippen molar-refractivity contribution < 1.29 is 15.1 Å². The molecule has 1 aliphatic heterocycles. The van der Waals surface area contributed by atoms with Crippen molar-refractivity contribution >= 4 is 22.0 Å². The maximum absolute atomic E-state index is 11.0. The van der Waals surface area contributed by atoms with Gasteiger partial charge in [-0.1, -0.05) is 0 Å². The Morgan fingerprint density at radius 3 is 2.78 bits per heavy atom. The summed E-state index contributed by atoms with van der Waals surface area (Å²) < 4.78 is 0. The molecule has 1 aliphatic rings. The van der Waals surface area contributed by atoms with E-state index >= 15 is 0 Å². The van der Waals surface area contributed by atoms with Crippen molar-refractivity contribution in [2.24, 2.45) is 0 Å². The predicted octanol–water partition coefficient (Wildman–Crippen LogP) is 1.67. The number of nitrogens with zero attached hydrogens (tertiary/aromatic N) is 2. The third kappa shape index (κ3) is 2.47. The first kappa shape index (κ1) is 13.3. The van der Waals surface area contributed by atoms with Crippen LogP contribution in [0.2, 0.25) is 0 Å². The zero-order valence-corrected chi connectivity index (χ0v) is 11.1. The molecule has 0 radical (unpaired) electrons. The topological polar surface area (TPSA) is 86.8 Å². The summed E-state index contributed by atoms with van der Waals surface area (Å²) in [6.07, 6.45) is -0.128. The Hall–Kier alpha value is -1.18. The van der Waals surface area contributed by atoms with Crippen molar-refractivity contribution in [1.29, 1.82) is 0 Å². The summed E-state index contributed by atoms with van der Waals surface area (Å²) in [5.41, 5.74) is -0.795. The molecule has 2 rings (SSSR count). The van der Waals surface area contributed by atoms with E-state index in [9.17, 15) is 20.3 Å². The molecule has 2 heterocycles. The Kier molecular flexibility index (Phi) is 3.31. The second-order valence-corrected chi connectivity index (χ2v) is 6.00. The summed E-state index contributed by atoms with van der Waals surface area (Å²) in [5, 5.41) is 31.0. The van der Waals surface area contributed by atoms with Gasteiger partial charge < -0.3 is 15.1 Å². The van der Waals surface area contributed by atoms with Gasteiger partial charge in [-0.25, -0.2) is 0 Å². The van der Waals surface area contributed by atoms with Gasteiger partial charge >= 0.3 is 5.69 Å². The van der Waals surface area contributed by atoms with Gasteiger partial charge in [0.2, 0.25) is 0 Å². The molecule has 1 aromatic heterocycles. The molecular weight excluding hydrogens is 256 g/mol. The van der Waals surface area contributed by atoms with Crippen LogP contribution in [0, 0.1) is 10.1 Å². The highest BCUT2D eigenvalue weighted by molar-refractivity contribution is 7.16. The Morgan fingerprint density at radius 1 is 1.67 bits per heavy atom. The molecule has 1 saturated heterocycles. The van der Waals surface area contributed by atoms with Gasteiger partial charge in [0.25, 0.3) is 0 Å². The smallest absolute Gasteiger partial charge is 0.304 e. The molecule has 0 aliphatic carbocycles. The second kappa shape index (κ2) is 4.49. The predicted molar refractivity (Wildman–Crippen MR) is 69.1 cm³/mol. The van der Waals surface area contributed by atoms with E-state index in [1.807, 2.05) is 4.90 Å². The number of nitro groups is 1. The van der Waals surface area contributed by atoms with Gasteiger partial charge in [-0.05, 0) is 20.3 Å². The van der Waals surface area contributed by atoms with Crippen LogP contribution in [0.1, 0.15) is 31.2 Å². The normalized spacial score (nSPS) is 25.4. The Bertz CT molecular complexity index is 470. The molecule has 1 aromatic rings. The van der Waals surface area contributed by atoms with Gasteiger partial charge in [0.05, 0.1) is 16.6 Å². The quantitative estimate of drug-likeness (QED) is 0.645. The molecule has 2 N–H and O–H groups in total. The molecule has 100 valence electrons. The second-order valence-electron chi connectivity index (χ2n) is 4.94. The van der Waals surface area contributed by atoms with Crippen LogP contribution >= 0.6 is 11.3 Å². The average Bonchev–Trinajstić information content (AvgIpc) is 2.80. The van der Waals surface area contributed by atoms with E-state index in [1.54, 1.807) is 13.8 Å². The van der Waals surface area contributed by atoms with Crippen LogP contribution < -0.4 is 4.90 Å². The molecule has 0 saturated carbocycles. The summed E-state index contributed by atoms with van der Waals surface area (Å²) in [6.45, 7) is 4.28. The third-order valence-electron chi connectivity index (χ3n) is 3.06. The highest BCUT2D eigenvalue weighted by Crippen LogP contribution is 2.42. The first-order valence-corrected chi connectivity index (χ1v) is 6.55. The van der Waals surface area contributed by atoms with Gasteiger partial charge in [-0.2, -0.15) is 0 Å². The monoisotopic (exact) mass is 272 g/mol. The zero-order valence-electron chi connectivity index (χ0n) is 10.3. The number of aliphatic hydroxyl groups excluding tert-OH is 1. The van der Waals surface area contributed by atoms with Crippen molar-refractivity contribution in [2.45, 2.75) is 32.0 Å². The van der Waals surface area contributed by atoms with E-state index in [-0.39, 0.29) is 5.69 Å². The lowest BCUT2D eigenvalue weighted by atomic mass is 10.1. The number of β-amino-alcohol motifs (C(OH)–C–C–N with tert-alkyl or cyclic N) is 1. The average molecular weight is 272 g/mol. The number of hydrogen-bond donors (Lipinski definition) is 2. The van der Waals surface area contributed by atoms with Gasteiger partial charge in [-0.15, -0.1) is 11.3 Å². The minimum atomic E-state index is -0.803. The van der Waals surface area contributed by atoms with Crippen LogP contribution in [0.4, 0.5) is 10.7 Å². The van der Waals surface area contributed by atoms with Crippen molar-refractivity contribution in [1.82, 2.24) is 0 Å². The van der Waals surface area contributed by atoms with E-state index in [0.29, 0.717) is 29.4 Å². The molecule has 2 unspecified atom stereocenters. The van der Waals surface area contributed by atoms with E-state index < -0.39 is 16.6 Å². The number of anilines is 1. The highest BCUT2D eigenvalue weighted by atomic mass is 32.1. The maximum atomic E-state index is 11.0. The fraction of sp³-hybridized carbons (Fsp3) is 0.636. The van der Waals surface area contributed by atoms with Gasteiger partial charge in [0.15, 0.2) is 5.00 Å². The third-order valence-corrected chi connectivity index (χ3v) is 4.42. The lowest BCUT2D eigenvalue weighted by Gasteiger charge is -2.18. The molecule has 2 atom stereocenters. The molecule has 0 spiro atoms. The Morgan fingerprint density at radius 2 is 2.33 bits per heavy atom. The summed E-state index contributed by atoms with van der Waals surface area (Å²) in [7, 11) is 0. The lowest BCUT2D eigenvalue weighted by Crippen LogP contribution is -2.29. The van der Waals surface area contributed by atoms with Crippen LogP contribution in [0.3, 0.4) is 0 Å². The van der Waals surface area contributed by atoms with Gasteiger partial charge in [-0.3, -0.25) is 10.1 Å². The van der Waals surface area contributed by atoms with Gasteiger partial charge in [0.1, 0.15) is 0 Å². The molecule has 1 fully saturated rings. The highest BCUT2D eigenvalue weighted by Gasteiger charge is 2.35. The summed E-state index contributed by atoms with van der Waals surface area (Å²) in [4.78, 5) is 13.0. The maximum Gasteiger partial charge on any atom is 0.304 e. The number of aliphatic hydroxyl groups is 2. The molecule has 7 heteroatoms. The Balaban J connectivity index is 2.35. The van der Waals surface area contributed by atoms with Crippen molar-refractivity contribution in [3.63, 3.8) is 0 Å². The molecule has 0 amide bonds. The van der Waals surface area contributed by atoms with E-state index in [2.05, 4.69) is 0 Å². The SMILES string of the molecule is CC(O)c1cc([N+](=O)[O-])c(N2CCC(C)(O)C2)s1. The summed E-state index contributed by atoms with van der Waals surface area (Å²) in [5.74, 6) is 0. The fourth-order valence-corrected chi connectivity index (χ4v) is 3.16. The molecule has 0 aromatic carbocycles. The molecule has 0 bridgehead atoms. The lowest BCUT2D eigenvalue weighted by molar-refractivity contribution is -0.383. The van der Waals surface area contributed by atoms with Crippen molar-refractivity contribution in [3.8, 4) is 0 Å². The molecular formula is C11H16N2O4S. The van der Waals surface area contributed by atoms with E-state index in [0.717, 1.165) is 0 Å². The van der Waals surface area contributed by atoms with E-state index in [4.69, 9.17) is 0 Å². The number of rotatable bonds is 3. The standard InChI is InChI=1S/C11H16N2O4S/c1-7(14)9-5-8(13(16)17)10(18-9)12-4-3-11(2,15)6-12/h5,7,14-15H,3-4,6H2,1-2H3. The van der Waals surface area contributed by atoms with Crippen LogP contribution in [0.5, 0.6) is 0 Å². The van der Waals surface area contributed by atoms with Crippen LogP contribution in [-0.4, -0.2) is 33.8 Å². The zero-order chi connectivity index (χ0) is 13.5. The van der Waals surface area contributed by atoms with Crippen LogP contribution in [0.15, 0.2) is 6.07 Å². The van der Waals surface area contributed by atoms with E-state index in [1.165, 1.54) is 17.4 Å². The first-order chi connectivity index (χ1) is 8.30. The largest absolute Gasteiger partial charge is 0.388 e. The van der Waals surface area contributed by atoms with Crippen molar-refractivity contribution in [2.75, 3.05) is 18.0 Å². The van der Waals surface area contributed by atoms with Crippen LogP contribution in [0.25, 0.3) is 0 Å². The minimum Gasteiger partial charge on any atom is -0.388 e. The van der Waals surface area contributed by atoms with Gasteiger partial charge in [0, 0.05) is 24.0 Å². The number of thiophene rings is 1. The summed E-state index contributed by atoms with van der Waals surface area (Å²) in [6, 6.07) is 1.41. The molecule has 6 nitrogen and oxygen atoms in total. The summed E-state index contributed by atoms with van der Waals surface area (Å²) >= 11 is 1.22. The number of hydrogen-bond acceptors (Lipinski definition) is 6.